The monoisotopic (exact) mass is 427 g/mol. The molecule has 3 aromatic rings. The van der Waals surface area contributed by atoms with E-state index in [4.69, 9.17) is 9.15 Å². The van der Waals surface area contributed by atoms with Gasteiger partial charge in [0.1, 0.15) is 5.58 Å². The summed E-state index contributed by atoms with van der Waals surface area (Å²) >= 11 is 0. The van der Waals surface area contributed by atoms with Gasteiger partial charge in [-0.2, -0.15) is 0 Å². The van der Waals surface area contributed by atoms with Crippen molar-refractivity contribution < 1.29 is 27.2 Å². The Morgan fingerprint density at radius 2 is 1.80 bits per heavy atom. The molecule has 7 nitrogen and oxygen atoms in total. The van der Waals surface area contributed by atoms with E-state index in [1.54, 1.807) is 61.5 Å². The molecule has 0 saturated heterocycles. The van der Waals surface area contributed by atoms with Gasteiger partial charge >= 0.3 is 5.97 Å². The molecule has 0 aliphatic heterocycles. The average molecular weight is 427 g/mol. The number of para-hydroxylation sites is 1. The van der Waals surface area contributed by atoms with Crippen LogP contribution in [0.4, 0.5) is 5.69 Å². The largest absolute Gasteiger partial charge is 0.463 e. The van der Waals surface area contributed by atoms with E-state index < -0.39 is 21.7 Å². The van der Waals surface area contributed by atoms with E-state index in [1.165, 1.54) is 6.08 Å². The number of benzene rings is 2. The van der Waals surface area contributed by atoms with Gasteiger partial charge in [-0.3, -0.25) is 4.79 Å². The molecule has 30 heavy (non-hydrogen) atoms. The maximum absolute atomic E-state index is 12.8. The van der Waals surface area contributed by atoms with Gasteiger partial charge in [0.2, 0.25) is 0 Å². The van der Waals surface area contributed by atoms with E-state index in [0.717, 1.165) is 11.8 Å². The number of sulfone groups is 1. The maximum Gasteiger partial charge on any atom is 0.330 e. The Morgan fingerprint density at radius 3 is 2.47 bits per heavy atom. The average Bonchev–Trinajstić information content (AvgIpc) is 3.05. The van der Waals surface area contributed by atoms with Crippen molar-refractivity contribution in [2.75, 3.05) is 18.2 Å². The number of anilines is 1. The molecule has 0 fully saturated rings. The van der Waals surface area contributed by atoms with Crippen LogP contribution in [0.15, 0.2) is 59.0 Å². The van der Waals surface area contributed by atoms with Gasteiger partial charge in [-0.1, -0.05) is 30.3 Å². The summed E-state index contributed by atoms with van der Waals surface area (Å²) in [6.07, 6.45) is 4.04. The van der Waals surface area contributed by atoms with Gasteiger partial charge in [-0.25, -0.2) is 13.2 Å². The van der Waals surface area contributed by atoms with Gasteiger partial charge in [-0.15, -0.1) is 0 Å². The molecular formula is C22H21NO6S. The van der Waals surface area contributed by atoms with Gasteiger partial charge in [0.15, 0.2) is 15.6 Å². The minimum absolute atomic E-state index is 0.0343. The summed E-state index contributed by atoms with van der Waals surface area (Å²) in [4.78, 5) is 24.2. The number of hydrogen-bond donors (Lipinski definition) is 1. The molecule has 0 unspecified atom stereocenters. The first-order chi connectivity index (χ1) is 14.3. The standard InChI is InChI=1S/C22H21NO6S/c1-3-28-20(24)13-10-15-8-11-16(12-9-15)23-22(25)21-18(14-30(2,26)27)17-6-4-5-7-19(17)29-21/h4-13H,3,14H2,1-2H3,(H,23,25)/b13-10+. The van der Waals surface area contributed by atoms with Crippen molar-refractivity contribution in [1.29, 1.82) is 0 Å². The second-order valence-corrected chi connectivity index (χ2v) is 8.78. The van der Waals surface area contributed by atoms with Crippen molar-refractivity contribution in [3.05, 3.63) is 71.5 Å². The second-order valence-electron chi connectivity index (χ2n) is 6.64. The Bertz CT molecular complexity index is 1210. The second kappa shape index (κ2) is 8.96. The number of fused-ring (bicyclic) bond motifs is 1. The number of esters is 1. The SMILES string of the molecule is CCOC(=O)/C=C/c1ccc(NC(=O)c2oc3ccccc3c2CS(C)(=O)=O)cc1. The number of nitrogens with one attached hydrogen (secondary N) is 1. The minimum Gasteiger partial charge on any atom is -0.463 e. The third-order valence-corrected chi connectivity index (χ3v) is 4.99. The normalized spacial score (nSPS) is 11.7. The summed E-state index contributed by atoms with van der Waals surface area (Å²) in [6.45, 7) is 2.03. The lowest BCUT2D eigenvalue weighted by Crippen LogP contribution is -2.14. The molecule has 3 rings (SSSR count). The van der Waals surface area contributed by atoms with E-state index in [-0.39, 0.29) is 11.5 Å². The molecule has 0 aliphatic rings. The van der Waals surface area contributed by atoms with E-state index in [9.17, 15) is 18.0 Å². The molecule has 0 aliphatic carbocycles. The maximum atomic E-state index is 12.8. The zero-order chi connectivity index (χ0) is 21.7. The predicted molar refractivity (Wildman–Crippen MR) is 115 cm³/mol. The molecular weight excluding hydrogens is 406 g/mol. The first-order valence-corrected chi connectivity index (χ1v) is 11.3. The Hall–Kier alpha value is -3.39. The summed E-state index contributed by atoms with van der Waals surface area (Å²) in [5, 5.41) is 3.30. The minimum atomic E-state index is -3.38. The molecule has 0 atom stereocenters. The molecule has 1 amide bonds. The first kappa shape index (κ1) is 21.3. The van der Waals surface area contributed by atoms with Crippen LogP contribution < -0.4 is 5.32 Å². The van der Waals surface area contributed by atoms with Gasteiger partial charge in [0.05, 0.1) is 12.4 Å². The number of carbonyl (C=O) groups excluding carboxylic acids is 2. The Kier molecular flexibility index (Phi) is 6.37. The number of rotatable bonds is 7. The lowest BCUT2D eigenvalue weighted by atomic mass is 10.1. The number of furan rings is 1. The molecule has 1 aromatic heterocycles. The summed E-state index contributed by atoms with van der Waals surface area (Å²) in [5.41, 5.74) is 2.03. The Morgan fingerprint density at radius 1 is 1.10 bits per heavy atom. The van der Waals surface area contributed by atoms with Crippen LogP contribution in [-0.2, 0) is 25.1 Å². The number of hydrogen-bond acceptors (Lipinski definition) is 6. The molecule has 0 bridgehead atoms. The fourth-order valence-corrected chi connectivity index (χ4v) is 3.72. The lowest BCUT2D eigenvalue weighted by molar-refractivity contribution is -0.137. The number of amides is 1. The molecule has 156 valence electrons. The van der Waals surface area contributed by atoms with Crippen molar-refractivity contribution >= 4 is 44.4 Å². The predicted octanol–water partition coefficient (Wildman–Crippen LogP) is 3.81. The van der Waals surface area contributed by atoms with Gasteiger partial charge in [0.25, 0.3) is 5.91 Å². The third-order valence-electron chi connectivity index (χ3n) is 4.18. The number of carbonyl (C=O) groups is 2. The quantitative estimate of drug-likeness (QED) is 0.454. The van der Waals surface area contributed by atoms with Crippen molar-refractivity contribution in [1.82, 2.24) is 0 Å². The molecule has 0 radical (unpaired) electrons. The molecule has 2 aromatic carbocycles. The van der Waals surface area contributed by atoms with Crippen LogP contribution in [0.3, 0.4) is 0 Å². The highest BCUT2D eigenvalue weighted by atomic mass is 32.2. The van der Waals surface area contributed by atoms with Crippen LogP contribution in [0.25, 0.3) is 17.0 Å². The zero-order valence-corrected chi connectivity index (χ0v) is 17.4. The molecule has 8 heteroatoms. The molecule has 0 spiro atoms. The fraction of sp³-hybridized carbons (Fsp3) is 0.182. The summed E-state index contributed by atoms with van der Waals surface area (Å²) < 4.78 is 34.2. The van der Waals surface area contributed by atoms with E-state index in [2.05, 4.69) is 5.32 Å². The highest BCUT2D eigenvalue weighted by Gasteiger charge is 2.23. The van der Waals surface area contributed by atoms with Crippen LogP contribution in [0.1, 0.15) is 28.6 Å². The van der Waals surface area contributed by atoms with E-state index in [0.29, 0.717) is 28.8 Å². The van der Waals surface area contributed by atoms with Crippen LogP contribution in [-0.4, -0.2) is 33.2 Å². The smallest absolute Gasteiger partial charge is 0.330 e. The van der Waals surface area contributed by atoms with Crippen LogP contribution >= 0.6 is 0 Å². The van der Waals surface area contributed by atoms with E-state index in [1.807, 2.05) is 0 Å². The molecule has 1 N–H and O–H groups in total. The van der Waals surface area contributed by atoms with Crippen molar-refractivity contribution in [2.24, 2.45) is 0 Å². The van der Waals surface area contributed by atoms with Gasteiger partial charge in [-0.05, 0) is 36.8 Å². The van der Waals surface area contributed by atoms with Crippen LogP contribution in [0.2, 0.25) is 0 Å². The third kappa shape index (κ3) is 5.36. The summed E-state index contributed by atoms with van der Waals surface area (Å²) in [7, 11) is -3.38. The lowest BCUT2D eigenvalue weighted by Gasteiger charge is -2.06. The van der Waals surface area contributed by atoms with Gasteiger partial charge in [0, 0.05) is 29.0 Å². The Labute approximate surface area is 174 Å². The zero-order valence-electron chi connectivity index (χ0n) is 16.5. The molecule has 0 saturated carbocycles. The van der Waals surface area contributed by atoms with Gasteiger partial charge < -0.3 is 14.5 Å². The van der Waals surface area contributed by atoms with Crippen LogP contribution in [0.5, 0.6) is 0 Å². The Balaban J connectivity index is 1.81. The molecule has 1 heterocycles. The summed E-state index contributed by atoms with van der Waals surface area (Å²) in [6, 6.07) is 13.7. The fourth-order valence-electron chi connectivity index (χ4n) is 2.91. The number of ether oxygens (including phenoxy) is 1. The van der Waals surface area contributed by atoms with Crippen LogP contribution in [0, 0.1) is 0 Å². The highest BCUT2D eigenvalue weighted by Crippen LogP contribution is 2.28. The summed E-state index contributed by atoms with van der Waals surface area (Å²) in [5.74, 6) is -1.31. The van der Waals surface area contributed by atoms with E-state index >= 15 is 0 Å². The highest BCUT2D eigenvalue weighted by molar-refractivity contribution is 7.89. The van der Waals surface area contributed by atoms with Crippen molar-refractivity contribution in [3.63, 3.8) is 0 Å². The van der Waals surface area contributed by atoms with Crippen molar-refractivity contribution in [3.8, 4) is 0 Å². The first-order valence-electron chi connectivity index (χ1n) is 9.21. The topological polar surface area (TPSA) is 103 Å². The van der Waals surface area contributed by atoms with Crippen molar-refractivity contribution in [2.45, 2.75) is 12.7 Å².